The largest absolute Gasteiger partial charge is 0.308 e. The molecule has 0 N–H and O–H groups in total. The van der Waals surface area contributed by atoms with Gasteiger partial charge in [-0.05, 0) is 115 Å². The Balaban J connectivity index is 1.12. The third-order valence-corrected chi connectivity index (χ3v) is 14.8. The summed E-state index contributed by atoms with van der Waals surface area (Å²) in [5, 5.41) is 2.46. The first kappa shape index (κ1) is 39.2. The molecule has 1 aromatic heterocycles. The summed E-state index contributed by atoms with van der Waals surface area (Å²) in [5.74, 6) is 0. The van der Waals surface area contributed by atoms with E-state index in [4.69, 9.17) is 0 Å². The van der Waals surface area contributed by atoms with Gasteiger partial charge in [0, 0.05) is 22.0 Å². The summed E-state index contributed by atoms with van der Waals surface area (Å²) in [4.78, 5) is 2.56. The molecular formula is C67H44N2. The summed E-state index contributed by atoms with van der Waals surface area (Å²) in [6, 6.07) is 98.8. The number of nitrogens with zero attached hydrogens (tertiary/aromatic N) is 2. The monoisotopic (exact) mass is 876 g/mol. The van der Waals surface area contributed by atoms with Crippen LogP contribution in [0.2, 0.25) is 0 Å². The minimum absolute atomic E-state index is 0.512. The van der Waals surface area contributed by atoms with Crippen molar-refractivity contribution >= 4 is 38.9 Å². The molecule has 0 atom stereocenters. The van der Waals surface area contributed by atoms with Crippen molar-refractivity contribution in [2.45, 2.75) is 5.41 Å². The Kier molecular flexibility index (Phi) is 8.84. The van der Waals surface area contributed by atoms with Crippen LogP contribution in [0.1, 0.15) is 22.3 Å². The maximum absolute atomic E-state index is 2.56. The molecule has 14 rings (SSSR count). The number of hydrogen-bond donors (Lipinski definition) is 0. The molecule has 12 aromatic rings. The van der Waals surface area contributed by atoms with Crippen LogP contribution in [0.3, 0.4) is 0 Å². The Labute approximate surface area is 402 Å². The first-order valence-electron chi connectivity index (χ1n) is 23.9. The molecule has 0 fully saturated rings. The van der Waals surface area contributed by atoms with Crippen LogP contribution in [-0.2, 0) is 5.41 Å². The predicted molar refractivity (Wildman–Crippen MR) is 288 cm³/mol. The Morgan fingerprint density at radius 1 is 0.290 bits per heavy atom. The fourth-order valence-corrected chi connectivity index (χ4v) is 12.1. The second-order valence-electron chi connectivity index (χ2n) is 18.3. The van der Waals surface area contributed by atoms with Crippen LogP contribution in [0, 0.1) is 0 Å². The lowest BCUT2D eigenvalue weighted by molar-refractivity contribution is 0.793. The van der Waals surface area contributed by atoms with Crippen LogP contribution in [0.5, 0.6) is 0 Å². The first-order valence-corrected chi connectivity index (χ1v) is 23.9. The van der Waals surface area contributed by atoms with Crippen molar-refractivity contribution in [3.63, 3.8) is 0 Å². The molecule has 2 aliphatic rings. The lowest BCUT2D eigenvalue weighted by Crippen LogP contribution is -2.26. The molecule has 322 valence electrons. The molecular weight excluding hydrogens is 833 g/mol. The lowest BCUT2D eigenvalue weighted by Gasteiger charge is -2.34. The fraction of sp³-hybridized carbons (Fsp3) is 0.0149. The molecule has 69 heavy (non-hydrogen) atoms. The standard InChI is InChI=1S/C67H44N2/c1-3-22-45(23-4-1)48-26-7-8-32-56(48)66-49(46-24-5-2-6-25-46)33-21-41-65(66)68(63-39-19-20-40-64(63)69-61-37-17-12-30-54(61)55-31-13-18-38-62(55)69)47-42-43-53-52-29-11-16-36-59(52)67(60(53)44-47)57-34-14-9-27-50(57)51-28-10-15-35-58(51)67/h1-44H. The molecule has 0 amide bonds. The number of anilines is 3. The van der Waals surface area contributed by atoms with Gasteiger partial charge in [-0.25, -0.2) is 0 Å². The molecule has 0 saturated heterocycles. The zero-order chi connectivity index (χ0) is 45.5. The molecule has 1 heterocycles. The van der Waals surface area contributed by atoms with E-state index in [1.165, 1.54) is 88.6 Å². The van der Waals surface area contributed by atoms with Gasteiger partial charge in [0.15, 0.2) is 0 Å². The highest BCUT2D eigenvalue weighted by molar-refractivity contribution is 6.10. The van der Waals surface area contributed by atoms with E-state index in [0.29, 0.717) is 0 Å². The van der Waals surface area contributed by atoms with Crippen LogP contribution in [0.4, 0.5) is 17.1 Å². The molecule has 0 bridgehead atoms. The normalized spacial score (nSPS) is 12.8. The van der Waals surface area contributed by atoms with E-state index in [1.54, 1.807) is 0 Å². The van der Waals surface area contributed by atoms with Crippen molar-refractivity contribution in [3.05, 3.63) is 289 Å². The van der Waals surface area contributed by atoms with Gasteiger partial charge in [-0.2, -0.15) is 0 Å². The van der Waals surface area contributed by atoms with Gasteiger partial charge in [-0.15, -0.1) is 0 Å². The molecule has 0 radical (unpaired) electrons. The van der Waals surface area contributed by atoms with Crippen LogP contribution >= 0.6 is 0 Å². The molecule has 2 aliphatic carbocycles. The van der Waals surface area contributed by atoms with Crippen LogP contribution in [-0.4, -0.2) is 4.57 Å². The minimum Gasteiger partial charge on any atom is -0.308 e. The average molecular weight is 877 g/mol. The van der Waals surface area contributed by atoms with E-state index in [1.807, 2.05) is 0 Å². The Bertz CT molecular complexity index is 3860. The number of rotatable bonds is 7. The van der Waals surface area contributed by atoms with E-state index < -0.39 is 5.41 Å². The fourth-order valence-electron chi connectivity index (χ4n) is 12.1. The average Bonchev–Trinajstić information content (AvgIpc) is 4.03. The Morgan fingerprint density at radius 2 is 0.725 bits per heavy atom. The third kappa shape index (κ3) is 5.73. The van der Waals surface area contributed by atoms with Crippen molar-refractivity contribution in [3.8, 4) is 61.3 Å². The summed E-state index contributed by atoms with van der Waals surface area (Å²) in [7, 11) is 0. The summed E-state index contributed by atoms with van der Waals surface area (Å²) < 4.78 is 2.47. The summed E-state index contributed by atoms with van der Waals surface area (Å²) >= 11 is 0. The van der Waals surface area contributed by atoms with Gasteiger partial charge < -0.3 is 9.47 Å². The van der Waals surface area contributed by atoms with Crippen LogP contribution in [0.25, 0.3) is 83.1 Å². The molecule has 0 aliphatic heterocycles. The molecule has 2 heteroatoms. The van der Waals surface area contributed by atoms with Crippen LogP contribution < -0.4 is 4.90 Å². The molecule has 1 spiro atoms. The number of para-hydroxylation sites is 4. The molecule has 11 aromatic carbocycles. The molecule has 0 unspecified atom stereocenters. The summed E-state index contributed by atoms with van der Waals surface area (Å²) in [6.07, 6.45) is 0. The van der Waals surface area contributed by atoms with Gasteiger partial charge in [0.2, 0.25) is 0 Å². The van der Waals surface area contributed by atoms with Crippen molar-refractivity contribution in [1.82, 2.24) is 4.57 Å². The maximum Gasteiger partial charge on any atom is 0.0726 e. The number of benzene rings is 11. The number of hydrogen-bond acceptors (Lipinski definition) is 1. The highest BCUT2D eigenvalue weighted by atomic mass is 15.2. The number of fused-ring (bicyclic) bond motifs is 13. The maximum atomic E-state index is 2.56. The molecule has 0 saturated carbocycles. The Hall–Kier alpha value is -8.98. The highest BCUT2D eigenvalue weighted by Gasteiger charge is 2.51. The summed E-state index contributed by atoms with van der Waals surface area (Å²) in [5.41, 5.74) is 23.6. The zero-order valence-electron chi connectivity index (χ0n) is 37.8. The highest BCUT2D eigenvalue weighted by Crippen LogP contribution is 2.63. The van der Waals surface area contributed by atoms with Gasteiger partial charge in [-0.3, -0.25) is 0 Å². The number of aromatic nitrogens is 1. The van der Waals surface area contributed by atoms with E-state index >= 15 is 0 Å². The van der Waals surface area contributed by atoms with Gasteiger partial charge in [-0.1, -0.05) is 224 Å². The van der Waals surface area contributed by atoms with Gasteiger partial charge >= 0.3 is 0 Å². The van der Waals surface area contributed by atoms with E-state index in [9.17, 15) is 0 Å². The Morgan fingerprint density at radius 3 is 1.33 bits per heavy atom. The minimum atomic E-state index is -0.512. The van der Waals surface area contributed by atoms with E-state index in [0.717, 1.165) is 33.9 Å². The second kappa shape index (κ2) is 15.6. The van der Waals surface area contributed by atoms with Crippen molar-refractivity contribution in [2.24, 2.45) is 0 Å². The quantitative estimate of drug-likeness (QED) is 0.155. The SMILES string of the molecule is c1ccc(-c2ccccc2-c2c(-c3ccccc3)cccc2N(c2ccc3c(c2)C2(c4ccccc4-c4ccccc42)c2ccccc2-3)c2ccccc2-n2c3ccccc3c3ccccc32)cc1. The predicted octanol–water partition coefficient (Wildman–Crippen LogP) is 17.6. The topological polar surface area (TPSA) is 8.17 Å². The first-order chi connectivity index (χ1) is 34.3. The summed E-state index contributed by atoms with van der Waals surface area (Å²) in [6.45, 7) is 0. The van der Waals surface area contributed by atoms with Crippen LogP contribution in [0.15, 0.2) is 267 Å². The van der Waals surface area contributed by atoms with E-state index in [2.05, 4.69) is 276 Å². The van der Waals surface area contributed by atoms with Gasteiger partial charge in [0.1, 0.15) is 0 Å². The van der Waals surface area contributed by atoms with Crippen molar-refractivity contribution < 1.29 is 0 Å². The smallest absolute Gasteiger partial charge is 0.0726 e. The van der Waals surface area contributed by atoms with Crippen molar-refractivity contribution in [2.75, 3.05) is 4.90 Å². The zero-order valence-corrected chi connectivity index (χ0v) is 37.8. The van der Waals surface area contributed by atoms with Gasteiger partial charge in [0.05, 0.1) is 33.5 Å². The lowest BCUT2D eigenvalue weighted by atomic mass is 9.70. The molecule has 2 nitrogen and oxygen atoms in total. The van der Waals surface area contributed by atoms with E-state index in [-0.39, 0.29) is 0 Å². The van der Waals surface area contributed by atoms with Crippen molar-refractivity contribution in [1.29, 1.82) is 0 Å². The second-order valence-corrected chi connectivity index (χ2v) is 18.3. The third-order valence-electron chi connectivity index (χ3n) is 14.8. The van der Waals surface area contributed by atoms with Gasteiger partial charge in [0.25, 0.3) is 0 Å².